The summed E-state index contributed by atoms with van der Waals surface area (Å²) in [5, 5.41) is 23.3. The summed E-state index contributed by atoms with van der Waals surface area (Å²) >= 11 is 0. The first-order valence-corrected chi connectivity index (χ1v) is 5.68. The molecule has 0 unspecified atom stereocenters. The molecule has 6 nitrogen and oxygen atoms in total. The largest absolute Gasteiger partial charge is 2.00 e. The standard InChI is InChI=1S/C13H15NO5.Zn/c1-8-2-4-9(5-3-8)12(17)14-10(13(18)19)6-7-11(15)16;/h2-5,10H,6-7H2,1H3,(H,14,17)(H,15,16)(H,18,19);/q;+2/p-2/t10-;/m0./s1. The summed E-state index contributed by atoms with van der Waals surface area (Å²) in [7, 11) is 0. The van der Waals surface area contributed by atoms with Gasteiger partial charge in [-0.15, -0.1) is 0 Å². The Bertz CT molecular complexity index is 486. The number of rotatable bonds is 6. The van der Waals surface area contributed by atoms with Gasteiger partial charge in [0, 0.05) is 11.5 Å². The Morgan fingerprint density at radius 3 is 2.15 bits per heavy atom. The third-order valence-electron chi connectivity index (χ3n) is 2.54. The van der Waals surface area contributed by atoms with Gasteiger partial charge in [0.05, 0.1) is 12.0 Å². The predicted octanol–water partition coefficient (Wildman–Crippen LogP) is -1.63. The van der Waals surface area contributed by atoms with Crippen LogP contribution in [0.3, 0.4) is 0 Å². The molecule has 0 saturated heterocycles. The Hall–Kier alpha value is -1.75. The molecule has 1 aromatic rings. The number of carbonyl (C=O) groups excluding carboxylic acids is 3. The Kier molecular flexibility index (Phi) is 7.69. The molecule has 0 saturated carbocycles. The van der Waals surface area contributed by atoms with Crippen molar-refractivity contribution in [2.24, 2.45) is 0 Å². The average Bonchev–Trinajstić information content (AvgIpc) is 2.34. The van der Waals surface area contributed by atoms with Gasteiger partial charge in [0.15, 0.2) is 0 Å². The van der Waals surface area contributed by atoms with Crippen LogP contribution in [0, 0.1) is 6.92 Å². The molecule has 7 heteroatoms. The van der Waals surface area contributed by atoms with Crippen LogP contribution in [0.25, 0.3) is 0 Å². The van der Waals surface area contributed by atoms with E-state index in [-0.39, 0.29) is 25.9 Å². The number of amides is 1. The SMILES string of the molecule is Cc1ccc(C(=O)N[C@@H](CCC(=O)[O-])C(=O)[O-])cc1.[Zn+2]. The molecule has 1 rings (SSSR count). The van der Waals surface area contributed by atoms with Crippen LogP contribution in [-0.4, -0.2) is 23.9 Å². The van der Waals surface area contributed by atoms with Gasteiger partial charge in [0.1, 0.15) is 0 Å². The predicted molar refractivity (Wildman–Crippen MR) is 61.7 cm³/mol. The number of hydrogen-bond acceptors (Lipinski definition) is 5. The fourth-order valence-corrected chi connectivity index (χ4v) is 1.46. The number of benzene rings is 1. The van der Waals surface area contributed by atoms with Crippen molar-refractivity contribution in [2.45, 2.75) is 25.8 Å². The van der Waals surface area contributed by atoms with E-state index in [1.165, 1.54) is 0 Å². The van der Waals surface area contributed by atoms with Gasteiger partial charge in [-0.2, -0.15) is 0 Å². The Balaban J connectivity index is 0.00000361. The second kappa shape index (κ2) is 8.43. The van der Waals surface area contributed by atoms with Crippen molar-refractivity contribution < 1.29 is 44.1 Å². The van der Waals surface area contributed by atoms with Crippen molar-refractivity contribution in [2.75, 3.05) is 0 Å². The number of carboxylic acids is 2. The van der Waals surface area contributed by atoms with Crippen LogP contribution >= 0.6 is 0 Å². The topological polar surface area (TPSA) is 109 Å². The van der Waals surface area contributed by atoms with E-state index in [1.54, 1.807) is 24.3 Å². The smallest absolute Gasteiger partial charge is 0.550 e. The molecule has 0 aliphatic heterocycles. The molecular formula is C13H13NO5Zn. The van der Waals surface area contributed by atoms with E-state index in [4.69, 9.17) is 0 Å². The van der Waals surface area contributed by atoms with Crippen LogP contribution in [0.2, 0.25) is 0 Å². The van der Waals surface area contributed by atoms with Gasteiger partial charge in [-0.3, -0.25) is 4.79 Å². The maximum Gasteiger partial charge on any atom is 2.00 e. The van der Waals surface area contributed by atoms with Crippen molar-refractivity contribution in [3.63, 3.8) is 0 Å². The molecule has 1 atom stereocenters. The summed E-state index contributed by atoms with van der Waals surface area (Å²) < 4.78 is 0. The monoisotopic (exact) mass is 327 g/mol. The summed E-state index contributed by atoms with van der Waals surface area (Å²) in [5.41, 5.74) is 1.26. The van der Waals surface area contributed by atoms with E-state index in [9.17, 15) is 24.6 Å². The molecule has 102 valence electrons. The third-order valence-corrected chi connectivity index (χ3v) is 2.54. The van der Waals surface area contributed by atoms with Crippen LogP contribution in [0.15, 0.2) is 24.3 Å². The number of hydrogen-bond donors (Lipinski definition) is 1. The van der Waals surface area contributed by atoms with Crippen LogP contribution in [0.1, 0.15) is 28.8 Å². The molecule has 1 N–H and O–H groups in total. The van der Waals surface area contributed by atoms with E-state index < -0.39 is 30.3 Å². The van der Waals surface area contributed by atoms with E-state index in [1.807, 2.05) is 6.92 Å². The van der Waals surface area contributed by atoms with Crippen molar-refractivity contribution in [1.29, 1.82) is 0 Å². The molecule has 0 aliphatic carbocycles. The van der Waals surface area contributed by atoms with E-state index >= 15 is 0 Å². The second-order valence-corrected chi connectivity index (χ2v) is 4.12. The minimum atomic E-state index is -1.53. The molecule has 0 aliphatic rings. The minimum absolute atomic E-state index is 0. The van der Waals surface area contributed by atoms with Gasteiger partial charge in [0.25, 0.3) is 5.91 Å². The van der Waals surface area contributed by atoms with E-state index in [0.717, 1.165) is 5.56 Å². The summed E-state index contributed by atoms with van der Waals surface area (Å²) in [5.74, 6) is -3.50. The van der Waals surface area contributed by atoms with E-state index in [2.05, 4.69) is 5.32 Å². The van der Waals surface area contributed by atoms with Crippen molar-refractivity contribution >= 4 is 17.8 Å². The zero-order chi connectivity index (χ0) is 14.4. The molecule has 20 heavy (non-hydrogen) atoms. The molecule has 0 spiro atoms. The molecule has 0 fully saturated rings. The number of carbonyl (C=O) groups is 3. The molecule has 1 aromatic carbocycles. The number of aryl methyl sites for hydroxylation is 1. The minimum Gasteiger partial charge on any atom is -0.550 e. The summed E-state index contributed by atoms with van der Waals surface area (Å²) in [4.78, 5) is 32.8. The maximum atomic E-state index is 11.8. The van der Waals surface area contributed by atoms with Crippen molar-refractivity contribution in [1.82, 2.24) is 5.32 Å². The summed E-state index contributed by atoms with van der Waals surface area (Å²) in [6.45, 7) is 1.85. The van der Waals surface area contributed by atoms with Crippen LogP contribution in [0.5, 0.6) is 0 Å². The van der Waals surface area contributed by atoms with Gasteiger partial charge >= 0.3 is 19.5 Å². The van der Waals surface area contributed by atoms with Crippen LogP contribution in [0.4, 0.5) is 0 Å². The van der Waals surface area contributed by atoms with Gasteiger partial charge in [-0.1, -0.05) is 17.7 Å². The molecular weight excluding hydrogens is 316 g/mol. The summed E-state index contributed by atoms with van der Waals surface area (Å²) in [6, 6.07) is 5.17. The Morgan fingerprint density at radius 1 is 1.15 bits per heavy atom. The first-order chi connectivity index (χ1) is 8.90. The fraction of sp³-hybridized carbons (Fsp3) is 0.308. The first-order valence-electron chi connectivity index (χ1n) is 5.68. The van der Waals surface area contributed by atoms with E-state index in [0.29, 0.717) is 5.56 Å². The van der Waals surface area contributed by atoms with Crippen molar-refractivity contribution in [3.8, 4) is 0 Å². The molecule has 0 heterocycles. The Labute approximate surface area is 128 Å². The first kappa shape index (κ1) is 18.3. The Morgan fingerprint density at radius 2 is 1.70 bits per heavy atom. The van der Waals surface area contributed by atoms with Gasteiger partial charge in [0.2, 0.25) is 0 Å². The molecule has 0 radical (unpaired) electrons. The normalized spacial score (nSPS) is 11.1. The van der Waals surface area contributed by atoms with Gasteiger partial charge in [-0.05, 0) is 31.9 Å². The molecule has 0 bridgehead atoms. The summed E-state index contributed by atoms with van der Waals surface area (Å²) in [6.07, 6.45) is -0.741. The molecule has 0 aromatic heterocycles. The number of aliphatic carboxylic acids is 2. The number of carboxylic acid groups (broad SMARTS) is 2. The second-order valence-electron chi connectivity index (χ2n) is 4.12. The van der Waals surface area contributed by atoms with Crippen molar-refractivity contribution in [3.05, 3.63) is 35.4 Å². The number of nitrogens with one attached hydrogen (secondary N) is 1. The molecule has 1 amide bonds. The van der Waals surface area contributed by atoms with Gasteiger partial charge in [-0.25, -0.2) is 0 Å². The average molecular weight is 329 g/mol. The third kappa shape index (κ3) is 5.93. The quantitative estimate of drug-likeness (QED) is 0.631. The van der Waals surface area contributed by atoms with Gasteiger partial charge < -0.3 is 25.1 Å². The van der Waals surface area contributed by atoms with Crippen LogP contribution in [-0.2, 0) is 29.1 Å². The zero-order valence-electron chi connectivity index (χ0n) is 11.0. The van der Waals surface area contributed by atoms with Crippen LogP contribution < -0.4 is 15.5 Å². The fourth-order valence-electron chi connectivity index (χ4n) is 1.46. The maximum absolute atomic E-state index is 11.8. The zero-order valence-corrected chi connectivity index (χ0v) is 14.0.